The van der Waals surface area contributed by atoms with Crippen molar-refractivity contribution in [1.29, 1.82) is 0 Å². The van der Waals surface area contributed by atoms with Crippen molar-refractivity contribution in [2.45, 2.75) is 23.8 Å². The van der Waals surface area contributed by atoms with Crippen LogP contribution in [0, 0.1) is 0 Å². The molecule has 106 valence electrons. The molecular formula is C12H17BrN2O3S. The molecule has 1 heterocycles. The summed E-state index contributed by atoms with van der Waals surface area (Å²) in [6.45, 7) is 1.63. The molecule has 1 aromatic rings. The fourth-order valence-electron chi connectivity index (χ4n) is 2.05. The van der Waals surface area contributed by atoms with Gasteiger partial charge in [-0.2, -0.15) is 0 Å². The number of rotatable bonds is 4. The summed E-state index contributed by atoms with van der Waals surface area (Å²) < 4.78 is 32.9. The molecule has 0 spiro atoms. The Balaban J connectivity index is 2.16. The first-order chi connectivity index (χ1) is 9.03. The van der Waals surface area contributed by atoms with Crippen molar-refractivity contribution >= 4 is 26.0 Å². The fraction of sp³-hybridized carbons (Fsp3) is 0.500. The summed E-state index contributed by atoms with van der Waals surface area (Å²) in [6, 6.07) is 4.69. The van der Waals surface area contributed by atoms with Crippen LogP contribution in [0.3, 0.4) is 0 Å². The SMILES string of the molecule is COc1ccc(S(=O)(=O)NC2CCCNC2)cc1Br. The molecule has 1 aliphatic heterocycles. The first-order valence-electron chi connectivity index (χ1n) is 6.09. The quantitative estimate of drug-likeness (QED) is 0.864. The largest absolute Gasteiger partial charge is 0.496 e. The molecule has 0 amide bonds. The minimum absolute atomic E-state index is 0.0420. The van der Waals surface area contributed by atoms with Crippen molar-refractivity contribution in [3.05, 3.63) is 22.7 Å². The highest BCUT2D eigenvalue weighted by Gasteiger charge is 2.22. The topological polar surface area (TPSA) is 67.4 Å². The molecule has 0 radical (unpaired) electrons. The van der Waals surface area contributed by atoms with E-state index in [0.717, 1.165) is 19.4 Å². The van der Waals surface area contributed by atoms with Crippen LogP contribution < -0.4 is 14.8 Å². The predicted octanol–water partition coefficient (Wildman–Crippen LogP) is 1.49. The Kier molecular flexibility index (Phi) is 4.83. The number of benzene rings is 1. The number of ether oxygens (including phenoxy) is 1. The van der Waals surface area contributed by atoms with E-state index in [2.05, 4.69) is 26.0 Å². The Morgan fingerprint density at radius 3 is 2.84 bits per heavy atom. The molecule has 1 atom stereocenters. The third kappa shape index (κ3) is 3.68. The first kappa shape index (κ1) is 14.8. The number of methoxy groups -OCH3 is 1. The molecule has 0 aromatic heterocycles. The summed E-state index contributed by atoms with van der Waals surface area (Å²) in [7, 11) is -1.94. The Morgan fingerprint density at radius 1 is 1.47 bits per heavy atom. The maximum Gasteiger partial charge on any atom is 0.240 e. The zero-order valence-corrected chi connectivity index (χ0v) is 13.1. The maximum absolute atomic E-state index is 12.3. The van der Waals surface area contributed by atoms with Crippen LogP contribution >= 0.6 is 15.9 Å². The molecule has 1 unspecified atom stereocenters. The van der Waals surface area contributed by atoms with Crippen LogP contribution in [0.25, 0.3) is 0 Å². The number of halogens is 1. The smallest absolute Gasteiger partial charge is 0.240 e. The molecule has 2 rings (SSSR count). The number of sulfonamides is 1. The van der Waals surface area contributed by atoms with Crippen LogP contribution in [0.5, 0.6) is 5.75 Å². The van der Waals surface area contributed by atoms with Gasteiger partial charge in [0.1, 0.15) is 5.75 Å². The Bertz CT molecular complexity index is 542. The molecule has 0 bridgehead atoms. The molecule has 1 aliphatic rings. The van der Waals surface area contributed by atoms with Crippen LogP contribution in [0.15, 0.2) is 27.6 Å². The summed E-state index contributed by atoms with van der Waals surface area (Å²) in [6.07, 6.45) is 1.85. The normalized spacial score (nSPS) is 20.2. The Labute approximate surface area is 121 Å². The number of hydrogen-bond donors (Lipinski definition) is 2. The van der Waals surface area contributed by atoms with Gasteiger partial charge in [-0.25, -0.2) is 13.1 Å². The first-order valence-corrected chi connectivity index (χ1v) is 8.37. The maximum atomic E-state index is 12.3. The third-order valence-electron chi connectivity index (χ3n) is 3.05. The van der Waals surface area contributed by atoms with E-state index in [4.69, 9.17) is 4.74 Å². The second kappa shape index (κ2) is 6.21. The third-order valence-corrected chi connectivity index (χ3v) is 5.19. The number of piperidine rings is 1. The van der Waals surface area contributed by atoms with Crippen LogP contribution in [0.1, 0.15) is 12.8 Å². The lowest BCUT2D eigenvalue weighted by Gasteiger charge is -2.23. The highest BCUT2D eigenvalue weighted by atomic mass is 79.9. The van der Waals surface area contributed by atoms with E-state index >= 15 is 0 Å². The highest BCUT2D eigenvalue weighted by Crippen LogP contribution is 2.27. The Hall–Kier alpha value is -0.630. The number of nitrogens with one attached hydrogen (secondary N) is 2. The predicted molar refractivity (Wildman–Crippen MR) is 76.9 cm³/mol. The van der Waals surface area contributed by atoms with Crippen LogP contribution in [0.2, 0.25) is 0 Å². The van der Waals surface area contributed by atoms with E-state index in [1.54, 1.807) is 25.3 Å². The summed E-state index contributed by atoms with van der Waals surface area (Å²) >= 11 is 3.30. The lowest BCUT2D eigenvalue weighted by Crippen LogP contribution is -2.45. The molecule has 1 aromatic carbocycles. The molecule has 5 nitrogen and oxygen atoms in total. The minimum Gasteiger partial charge on any atom is -0.496 e. The van der Waals surface area contributed by atoms with Gasteiger partial charge < -0.3 is 10.1 Å². The molecule has 0 saturated carbocycles. The monoisotopic (exact) mass is 348 g/mol. The molecule has 19 heavy (non-hydrogen) atoms. The Morgan fingerprint density at radius 2 is 2.26 bits per heavy atom. The second-order valence-electron chi connectivity index (χ2n) is 4.46. The average molecular weight is 349 g/mol. The van der Waals surface area contributed by atoms with Gasteiger partial charge in [0.15, 0.2) is 0 Å². The van der Waals surface area contributed by atoms with Gasteiger partial charge in [-0.05, 0) is 53.5 Å². The lowest BCUT2D eigenvalue weighted by molar-refractivity contribution is 0.411. The van der Waals surface area contributed by atoms with Gasteiger partial charge in [-0.3, -0.25) is 0 Å². The van der Waals surface area contributed by atoms with E-state index in [9.17, 15) is 8.42 Å². The zero-order chi connectivity index (χ0) is 13.9. The van der Waals surface area contributed by atoms with Crippen molar-refractivity contribution in [2.24, 2.45) is 0 Å². The van der Waals surface area contributed by atoms with Gasteiger partial charge in [-0.1, -0.05) is 0 Å². The van der Waals surface area contributed by atoms with Gasteiger partial charge in [0, 0.05) is 12.6 Å². The van der Waals surface area contributed by atoms with E-state index in [0.29, 0.717) is 16.8 Å². The van der Waals surface area contributed by atoms with E-state index in [1.165, 1.54) is 0 Å². The van der Waals surface area contributed by atoms with Crippen molar-refractivity contribution < 1.29 is 13.2 Å². The van der Waals surface area contributed by atoms with Crippen molar-refractivity contribution in [3.8, 4) is 5.75 Å². The summed E-state index contributed by atoms with van der Waals surface area (Å²) in [5.41, 5.74) is 0. The van der Waals surface area contributed by atoms with Crippen molar-refractivity contribution in [1.82, 2.24) is 10.0 Å². The fourth-order valence-corrected chi connectivity index (χ4v) is 4.04. The molecule has 2 N–H and O–H groups in total. The van der Waals surface area contributed by atoms with E-state index in [1.807, 2.05) is 0 Å². The van der Waals surface area contributed by atoms with Gasteiger partial charge >= 0.3 is 0 Å². The minimum atomic E-state index is -3.48. The summed E-state index contributed by atoms with van der Waals surface area (Å²) in [5.74, 6) is 0.610. The van der Waals surface area contributed by atoms with Gasteiger partial charge in [0.25, 0.3) is 0 Å². The summed E-state index contributed by atoms with van der Waals surface area (Å²) in [5, 5.41) is 3.18. The van der Waals surface area contributed by atoms with E-state index < -0.39 is 10.0 Å². The van der Waals surface area contributed by atoms with Crippen LogP contribution in [0.4, 0.5) is 0 Å². The van der Waals surface area contributed by atoms with E-state index in [-0.39, 0.29) is 10.9 Å². The molecule has 1 saturated heterocycles. The molecule has 0 aliphatic carbocycles. The van der Waals surface area contributed by atoms with Crippen LogP contribution in [-0.4, -0.2) is 34.7 Å². The van der Waals surface area contributed by atoms with Gasteiger partial charge in [0.05, 0.1) is 16.5 Å². The molecule has 7 heteroatoms. The van der Waals surface area contributed by atoms with Crippen molar-refractivity contribution in [2.75, 3.05) is 20.2 Å². The number of hydrogen-bond acceptors (Lipinski definition) is 4. The zero-order valence-electron chi connectivity index (χ0n) is 10.6. The average Bonchev–Trinajstić information content (AvgIpc) is 2.39. The van der Waals surface area contributed by atoms with Gasteiger partial charge in [0.2, 0.25) is 10.0 Å². The van der Waals surface area contributed by atoms with Crippen molar-refractivity contribution in [3.63, 3.8) is 0 Å². The second-order valence-corrected chi connectivity index (χ2v) is 7.03. The standard InChI is InChI=1S/C12H17BrN2O3S/c1-18-12-5-4-10(7-11(12)13)19(16,17)15-9-3-2-6-14-8-9/h4-5,7,9,14-15H,2-3,6,8H2,1H3. The highest BCUT2D eigenvalue weighted by molar-refractivity contribution is 9.10. The van der Waals surface area contributed by atoms with Gasteiger partial charge in [-0.15, -0.1) is 0 Å². The van der Waals surface area contributed by atoms with Crippen LogP contribution in [-0.2, 0) is 10.0 Å². The molecule has 1 fully saturated rings. The summed E-state index contributed by atoms with van der Waals surface area (Å²) in [4.78, 5) is 0.241. The molecular weight excluding hydrogens is 332 g/mol. The lowest BCUT2D eigenvalue weighted by atomic mass is 10.1.